The topological polar surface area (TPSA) is 96.8 Å². The predicted octanol–water partition coefficient (Wildman–Crippen LogP) is 4.50. The molecule has 0 aliphatic carbocycles. The molecule has 2 aromatic carbocycles. The molecule has 0 bridgehead atoms. The number of benzene rings is 2. The van der Waals surface area contributed by atoms with Crippen molar-refractivity contribution in [2.24, 2.45) is 0 Å². The molecule has 2 heterocycles. The summed E-state index contributed by atoms with van der Waals surface area (Å²) in [5.41, 5.74) is 2.17. The zero-order chi connectivity index (χ0) is 20.9. The van der Waals surface area contributed by atoms with Crippen molar-refractivity contribution in [2.45, 2.75) is 6.92 Å². The second-order valence-electron chi connectivity index (χ2n) is 6.41. The molecule has 9 heteroatoms. The van der Waals surface area contributed by atoms with E-state index in [0.717, 1.165) is 5.69 Å². The van der Waals surface area contributed by atoms with Gasteiger partial charge in [-0.1, -0.05) is 6.07 Å². The lowest BCUT2D eigenvalue weighted by molar-refractivity contribution is 0.262. The second-order valence-corrected chi connectivity index (χ2v) is 6.41. The van der Waals surface area contributed by atoms with Crippen molar-refractivity contribution in [3.8, 4) is 5.82 Å². The number of halogens is 1. The molecule has 0 spiro atoms. The molecular formula is C21H18FN7O. The second kappa shape index (κ2) is 8.39. The third-order valence-corrected chi connectivity index (χ3v) is 4.32. The summed E-state index contributed by atoms with van der Waals surface area (Å²) < 4.78 is 15.2. The van der Waals surface area contributed by atoms with Gasteiger partial charge in [-0.3, -0.25) is 0 Å². The monoisotopic (exact) mass is 403 g/mol. The van der Waals surface area contributed by atoms with Crippen LogP contribution < -0.4 is 16.0 Å². The number of carbonyl (C=O) groups excluding carboxylic acids is 1. The van der Waals surface area contributed by atoms with E-state index in [0.29, 0.717) is 28.6 Å². The van der Waals surface area contributed by atoms with Crippen LogP contribution in [-0.2, 0) is 0 Å². The lowest BCUT2D eigenvalue weighted by Crippen LogP contribution is -2.20. The van der Waals surface area contributed by atoms with Crippen LogP contribution in [-0.4, -0.2) is 25.8 Å². The van der Waals surface area contributed by atoms with Crippen molar-refractivity contribution in [1.29, 1.82) is 0 Å². The lowest BCUT2D eigenvalue weighted by atomic mass is 10.2. The molecule has 2 amide bonds. The maximum atomic E-state index is 13.6. The summed E-state index contributed by atoms with van der Waals surface area (Å²) in [7, 11) is 0. The number of carbonyl (C=O) groups is 1. The van der Waals surface area contributed by atoms with Gasteiger partial charge >= 0.3 is 6.03 Å². The molecule has 0 fully saturated rings. The number of anilines is 4. The van der Waals surface area contributed by atoms with Gasteiger partial charge < -0.3 is 16.0 Å². The zero-order valence-electron chi connectivity index (χ0n) is 16.0. The van der Waals surface area contributed by atoms with E-state index in [1.807, 2.05) is 6.07 Å². The minimum atomic E-state index is -0.455. The van der Waals surface area contributed by atoms with E-state index in [9.17, 15) is 9.18 Å². The Balaban J connectivity index is 1.39. The molecule has 3 N–H and O–H groups in total. The van der Waals surface area contributed by atoms with Gasteiger partial charge in [0.25, 0.3) is 0 Å². The zero-order valence-corrected chi connectivity index (χ0v) is 16.0. The summed E-state index contributed by atoms with van der Waals surface area (Å²) in [5.74, 6) is 0.874. The van der Waals surface area contributed by atoms with Crippen LogP contribution in [0.2, 0.25) is 0 Å². The van der Waals surface area contributed by atoms with Gasteiger partial charge in [0.2, 0.25) is 0 Å². The Morgan fingerprint density at radius 1 is 1.00 bits per heavy atom. The van der Waals surface area contributed by atoms with Crippen LogP contribution in [0, 0.1) is 12.7 Å². The first-order chi connectivity index (χ1) is 14.6. The normalized spacial score (nSPS) is 10.5. The van der Waals surface area contributed by atoms with E-state index in [1.54, 1.807) is 66.5 Å². The first kappa shape index (κ1) is 19.1. The molecule has 0 saturated carbocycles. The van der Waals surface area contributed by atoms with Crippen LogP contribution in [0.15, 0.2) is 73.3 Å². The molecule has 0 saturated heterocycles. The molecular weight excluding hydrogens is 385 g/mol. The van der Waals surface area contributed by atoms with E-state index in [-0.39, 0.29) is 5.82 Å². The van der Waals surface area contributed by atoms with Crippen LogP contribution in [0.5, 0.6) is 0 Å². The predicted molar refractivity (Wildman–Crippen MR) is 113 cm³/mol. The standard InChI is InChI=1S/C21H18FN7O/c1-14-17(22)4-2-5-18(14)28-21(30)27-16-8-6-15(7-9-16)26-19-12-20(24-13-23-19)29-11-3-10-25-29/h2-13H,1H3,(H,23,24,26)(H2,27,28,30). The molecule has 30 heavy (non-hydrogen) atoms. The highest BCUT2D eigenvalue weighted by Crippen LogP contribution is 2.20. The van der Waals surface area contributed by atoms with Gasteiger partial charge in [-0.2, -0.15) is 5.10 Å². The van der Waals surface area contributed by atoms with Gasteiger partial charge in [-0.25, -0.2) is 23.8 Å². The van der Waals surface area contributed by atoms with Crippen molar-refractivity contribution < 1.29 is 9.18 Å². The number of nitrogens with zero attached hydrogens (tertiary/aromatic N) is 4. The first-order valence-corrected chi connectivity index (χ1v) is 9.11. The summed E-state index contributed by atoms with van der Waals surface area (Å²) in [6, 6.07) is 14.8. The van der Waals surface area contributed by atoms with Crippen LogP contribution in [0.25, 0.3) is 5.82 Å². The fourth-order valence-corrected chi connectivity index (χ4v) is 2.76. The highest BCUT2D eigenvalue weighted by Gasteiger charge is 2.08. The van der Waals surface area contributed by atoms with Crippen LogP contribution in [0.1, 0.15) is 5.56 Å². The molecule has 4 aromatic rings. The molecule has 0 unspecified atom stereocenters. The largest absolute Gasteiger partial charge is 0.340 e. The van der Waals surface area contributed by atoms with Crippen LogP contribution in [0.4, 0.5) is 32.1 Å². The van der Waals surface area contributed by atoms with Crippen LogP contribution in [0.3, 0.4) is 0 Å². The molecule has 0 aliphatic heterocycles. The number of urea groups is 1. The summed E-state index contributed by atoms with van der Waals surface area (Å²) in [6.07, 6.45) is 4.92. The van der Waals surface area contributed by atoms with E-state index in [4.69, 9.17) is 0 Å². The average Bonchev–Trinajstić information content (AvgIpc) is 3.28. The van der Waals surface area contributed by atoms with Gasteiger partial charge in [0.1, 0.15) is 18.0 Å². The highest BCUT2D eigenvalue weighted by atomic mass is 19.1. The number of rotatable bonds is 5. The number of hydrogen-bond acceptors (Lipinski definition) is 5. The Hall–Kier alpha value is -4.27. The Morgan fingerprint density at radius 2 is 1.80 bits per heavy atom. The third kappa shape index (κ3) is 4.41. The van der Waals surface area contributed by atoms with Gasteiger partial charge in [0, 0.05) is 41.1 Å². The minimum absolute atomic E-state index is 0.372. The summed E-state index contributed by atoms with van der Waals surface area (Å²) in [6.45, 7) is 1.61. The number of amides is 2. The first-order valence-electron chi connectivity index (χ1n) is 9.11. The van der Waals surface area contributed by atoms with E-state index in [1.165, 1.54) is 12.4 Å². The smallest absolute Gasteiger partial charge is 0.323 e. The maximum absolute atomic E-state index is 13.6. The number of aromatic nitrogens is 4. The van der Waals surface area contributed by atoms with Crippen molar-refractivity contribution in [3.05, 3.63) is 84.7 Å². The Kier molecular flexibility index (Phi) is 5.33. The Labute approximate surface area is 171 Å². The SMILES string of the molecule is Cc1c(F)cccc1NC(=O)Nc1ccc(Nc2cc(-n3cccn3)ncn2)cc1. The van der Waals surface area contributed by atoms with Crippen molar-refractivity contribution >= 4 is 28.9 Å². The fourth-order valence-electron chi connectivity index (χ4n) is 2.76. The van der Waals surface area contributed by atoms with Gasteiger partial charge in [-0.05, 0) is 49.4 Å². The lowest BCUT2D eigenvalue weighted by Gasteiger charge is -2.11. The third-order valence-electron chi connectivity index (χ3n) is 4.32. The van der Waals surface area contributed by atoms with Crippen molar-refractivity contribution in [3.63, 3.8) is 0 Å². The van der Waals surface area contributed by atoms with E-state index in [2.05, 4.69) is 31.0 Å². The summed E-state index contributed by atoms with van der Waals surface area (Å²) in [5, 5.41) is 12.7. The molecule has 4 rings (SSSR count). The van der Waals surface area contributed by atoms with Crippen molar-refractivity contribution in [1.82, 2.24) is 19.7 Å². The maximum Gasteiger partial charge on any atom is 0.323 e. The molecule has 8 nitrogen and oxygen atoms in total. The van der Waals surface area contributed by atoms with Crippen molar-refractivity contribution in [2.75, 3.05) is 16.0 Å². The molecule has 0 aliphatic rings. The molecule has 0 radical (unpaired) electrons. The van der Waals surface area contributed by atoms with Crippen LogP contribution >= 0.6 is 0 Å². The van der Waals surface area contributed by atoms with Gasteiger partial charge in [0.15, 0.2) is 5.82 Å². The average molecular weight is 403 g/mol. The van der Waals surface area contributed by atoms with Gasteiger partial charge in [0.05, 0.1) is 0 Å². The number of nitrogens with one attached hydrogen (secondary N) is 3. The molecule has 150 valence electrons. The quantitative estimate of drug-likeness (QED) is 0.456. The van der Waals surface area contributed by atoms with E-state index < -0.39 is 6.03 Å². The number of hydrogen-bond donors (Lipinski definition) is 3. The van der Waals surface area contributed by atoms with Gasteiger partial charge in [-0.15, -0.1) is 0 Å². The summed E-state index contributed by atoms with van der Waals surface area (Å²) in [4.78, 5) is 20.6. The van der Waals surface area contributed by atoms with E-state index >= 15 is 0 Å². The highest BCUT2D eigenvalue weighted by molar-refractivity contribution is 6.00. The Bertz CT molecular complexity index is 1160. The summed E-state index contributed by atoms with van der Waals surface area (Å²) >= 11 is 0. The minimum Gasteiger partial charge on any atom is -0.340 e. The molecule has 2 aromatic heterocycles. The Morgan fingerprint density at radius 3 is 2.57 bits per heavy atom. The molecule has 0 atom stereocenters. The fraction of sp³-hybridized carbons (Fsp3) is 0.0476.